The van der Waals surface area contributed by atoms with E-state index in [2.05, 4.69) is 9.82 Å². The Kier molecular flexibility index (Phi) is 5.13. The van der Waals surface area contributed by atoms with E-state index in [0.717, 1.165) is 58.8 Å². The number of sulfonamides is 1. The van der Waals surface area contributed by atoms with Gasteiger partial charge in [-0.05, 0) is 55.1 Å². The average Bonchev–Trinajstić information content (AvgIpc) is 3.02. The van der Waals surface area contributed by atoms with Crippen LogP contribution in [-0.4, -0.2) is 35.4 Å². The molecule has 1 aliphatic carbocycles. The highest BCUT2D eigenvalue weighted by Crippen LogP contribution is 2.36. The number of rotatable bonds is 5. The minimum atomic E-state index is -3.77. The second kappa shape index (κ2) is 7.47. The van der Waals surface area contributed by atoms with E-state index in [4.69, 9.17) is 0 Å². The Balaban J connectivity index is 1.94. The summed E-state index contributed by atoms with van der Waals surface area (Å²) in [5, 5.41) is 9.94. The van der Waals surface area contributed by atoms with Crippen LogP contribution < -0.4 is 10.4 Å². The molecule has 0 radical (unpaired) electrons. The van der Waals surface area contributed by atoms with Gasteiger partial charge in [0.25, 0.3) is 5.56 Å². The molecule has 2 N–H and O–H groups in total. The summed E-state index contributed by atoms with van der Waals surface area (Å²) in [5.41, 5.74) is 0.499. The SMILES string of the molecule is CS(=O)(=O)Nn1c(Sc2ccccc2C(=O)O)nc2sc3c(c2c1=O)CCCC3. The molecular weight excluding hydrogens is 434 g/mol. The molecule has 4 rings (SSSR count). The van der Waals surface area contributed by atoms with Gasteiger partial charge in [-0.25, -0.2) is 23.0 Å². The summed E-state index contributed by atoms with van der Waals surface area (Å²) in [6.45, 7) is 0. The third-order valence-electron chi connectivity index (χ3n) is 4.53. The number of thiophene rings is 1. The van der Waals surface area contributed by atoms with Gasteiger partial charge in [0.1, 0.15) is 4.83 Å². The van der Waals surface area contributed by atoms with Crippen LogP contribution >= 0.6 is 23.1 Å². The molecule has 3 aromatic rings. The largest absolute Gasteiger partial charge is 0.478 e. The highest BCUT2D eigenvalue weighted by molar-refractivity contribution is 7.99. The van der Waals surface area contributed by atoms with E-state index in [-0.39, 0.29) is 10.7 Å². The molecule has 2 heterocycles. The van der Waals surface area contributed by atoms with Crippen LogP contribution in [0.2, 0.25) is 0 Å². The first kappa shape index (κ1) is 19.9. The smallest absolute Gasteiger partial charge is 0.336 e. The highest BCUT2D eigenvalue weighted by atomic mass is 32.2. The van der Waals surface area contributed by atoms with E-state index < -0.39 is 21.6 Å². The second-order valence-corrected chi connectivity index (χ2v) is 10.5. The zero-order valence-corrected chi connectivity index (χ0v) is 17.8. The van der Waals surface area contributed by atoms with Crippen molar-refractivity contribution in [2.45, 2.75) is 35.7 Å². The van der Waals surface area contributed by atoms with Gasteiger partial charge in [0.2, 0.25) is 10.0 Å². The molecule has 0 atom stereocenters. The zero-order valence-electron chi connectivity index (χ0n) is 15.3. The van der Waals surface area contributed by atoms with Crippen molar-refractivity contribution in [3.63, 3.8) is 0 Å². The molecule has 1 aliphatic rings. The first-order valence-electron chi connectivity index (χ1n) is 8.80. The van der Waals surface area contributed by atoms with E-state index in [1.807, 2.05) is 0 Å². The summed E-state index contributed by atoms with van der Waals surface area (Å²) >= 11 is 2.38. The standard InChI is InChI=1S/C18H17N3O5S3/c1-29(25,26)20-21-16(22)14-10-6-2-4-8-12(10)27-15(14)19-18(21)28-13-9-5-3-7-11(13)17(23)24/h3,5,7,9,20H,2,4,6,8H2,1H3,(H,23,24). The van der Waals surface area contributed by atoms with Gasteiger partial charge in [0.15, 0.2) is 5.16 Å². The number of benzene rings is 1. The molecule has 8 nitrogen and oxygen atoms in total. The number of carboxylic acid groups (broad SMARTS) is 1. The Labute approximate surface area is 174 Å². The number of carboxylic acids is 1. The normalized spacial score (nSPS) is 14.0. The maximum atomic E-state index is 13.2. The molecule has 152 valence electrons. The fourth-order valence-corrected chi connectivity index (χ4v) is 6.17. The Bertz CT molecular complexity index is 1290. The molecular formula is C18H17N3O5S3. The molecule has 0 saturated carbocycles. The molecule has 0 spiro atoms. The van der Waals surface area contributed by atoms with Crippen molar-refractivity contribution in [2.75, 3.05) is 11.1 Å². The van der Waals surface area contributed by atoms with E-state index in [0.29, 0.717) is 15.1 Å². The van der Waals surface area contributed by atoms with Crippen molar-refractivity contribution in [3.8, 4) is 0 Å². The fraction of sp³-hybridized carbons (Fsp3) is 0.278. The van der Waals surface area contributed by atoms with Crippen LogP contribution in [0.3, 0.4) is 0 Å². The monoisotopic (exact) mass is 451 g/mol. The van der Waals surface area contributed by atoms with Gasteiger partial charge < -0.3 is 5.11 Å². The highest BCUT2D eigenvalue weighted by Gasteiger charge is 2.24. The maximum Gasteiger partial charge on any atom is 0.336 e. The van der Waals surface area contributed by atoms with Gasteiger partial charge in [-0.15, -0.1) is 11.3 Å². The number of fused-ring (bicyclic) bond motifs is 3. The molecule has 11 heteroatoms. The summed E-state index contributed by atoms with van der Waals surface area (Å²) in [5.74, 6) is -1.12. The third-order valence-corrected chi connectivity index (χ3v) is 7.27. The van der Waals surface area contributed by atoms with Crippen LogP contribution in [0, 0.1) is 0 Å². The van der Waals surface area contributed by atoms with Crippen molar-refractivity contribution < 1.29 is 18.3 Å². The predicted octanol–water partition coefficient (Wildman–Crippen LogP) is 2.69. The number of nitrogens with zero attached hydrogens (tertiary/aromatic N) is 2. The number of aromatic nitrogens is 2. The summed E-state index contributed by atoms with van der Waals surface area (Å²) in [6.07, 6.45) is 4.61. The molecule has 0 amide bonds. The minimum Gasteiger partial charge on any atom is -0.478 e. The first-order chi connectivity index (χ1) is 13.7. The number of carbonyl (C=O) groups is 1. The van der Waals surface area contributed by atoms with Crippen LogP contribution in [0.1, 0.15) is 33.6 Å². The first-order valence-corrected chi connectivity index (χ1v) is 12.3. The molecule has 0 saturated heterocycles. The maximum absolute atomic E-state index is 13.2. The van der Waals surface area contributed by atoms with Crippen molar-refractivity contribution in [1.82, 2.24) is 9.66 Å². The quantitative estimate of drug-likeness (QED) is 0.573. The number of aryl methyl sites for hydroxylation is 2. The van der Waals surface area contributed by atoms with E-state index >= 15 is 0 Å². The molecule has 0 fully saturated rings. The second-order valence-electron chi connectivity index (χ2n) is 6.69. The van der Waals surface area contributed by atoms with Gasteiger partial charge >= 0.3 is 5.97 Å². The molecule has 0 bridgehead atoms. The Hall–Kier alpha value is -2.37. The molecule has 2 aromatic heterocycles. The van der Waals surface area contributed by atoms with E-state index in [1.165, 1.54) is 17.4 Å². The topological polar surface area (TPSA) is 118 Å². The minimum absolute atomic E-state index is 0.0447. The number of hydrogen-bond acceptors (Lipinski definition) is 7. The van der Waals surface area contributed by atoms with Gasteiger partial charge in [-0.1, -0.05) is 12.1 Å². The van der Waals surface area contributed by atoms with Gasteiger partial charge in [-0.3, -0.25) is 4.79 Å². The van der Waals surface area contributed by atoms with Gasteiger partial charge in [-0.2, -0.15) is 4.68 Å². The van der Waals surface area contributed by atoms with Crippen LogP contribution in [-0.2, 0) is 22.9 Å². The van der Waals surface area contributed by atoms with Crippen molar-refractivity contribution in [1.29, 1.82) is 0 Å². The van der Waals surface area contributed by atoms with Gasteiger partial charge in [0, 0.05) is 9.77 Å². The lowest BCUT2D eigenvalue weighted by molar-refractivity contribution is 0.0693. The molecule has 29 heavy (non-hydrogen) atoms. The number of aromatic carboxylic acids is 1. The number of hydrogen-bond donors (Lipinski definition) is 2. The molecule has 0 unspecified atom stereocenters. The third kappa shape index (κ3) is 3.89. The lowest BCUT2D eigenvalue weighted by atomic mass is 9.97. The molecule has 0 aliphatic heterocycles. The fourth-order valence-electron chi connectivity index (χ4n) is 3.33. The van der Waals surface area contributed by atoms with Gasteiger partial charge in [0.05, 0.1) is 17.2 Å². The predicted molar refractivity (Wildman–Crippen MR) is 112 cm³/mol. The van der Waals surface area contributed by atoms with Crippen LogP contribution in [0.5, 0.6) is 0 Å². The van der Waals surface area contributed by atoms with Crippen molar-refractivity contribution >= 4 is 49.3 Å². The Morgan fingerprint density at radius 1 is 1.28 bits per heavy atom. The molecule has 1 aromatic carbocycles. The van der Waals surface area contributed by atoms with Crippen LogP contribution in [0.4, 0.5) is 0 Å². The zero-order chi connectivity index (χ0) is 20.8. The van der Waals surface area contributed by atoms with Crippen LogP contribution in [0.25, 0.3) is 10.2 Å². The average molecular weight is 452 g/mol. The lowest BCUT2D eigenvalue weighted by Crippen LogP contribution is -2.34. The van der Waals surface area contributed by atoms with Crippen molar-refractivity contribution in [2.24, 2.45) is 0 Å². The van der Waals surface area contributed by atoms with E-state index in [1.54, 1.807) is 18.2 Å². The van der Waals surface area contributed by atoms with Crippen molar-refractivity contribution in [3.05, 3.63) is 50.6 Å². The summed E-state index contributed by atoms with van der Waals surface area (Å²) in [6, 6.07) is 6.30. The number of nitrogens with one attached hydrogen (secondary N) is 1. The Morgan fingerprint density at radius 2 is 2.00 bits per heavy atom. The summed E-state index contributed by atoms with van der Waals surface area (Å²) in [7, 11) is -3.77. The summed E-state index contributed by atoms with van der Waals surface area (Å²) < 4.78 is 24.7. The van der Waals surface area contributed by atoms with E-state index in [9.17, 15) is 23.1 Å². The summed E-state index contributed by atoms with van der Waals surface area (Å²) in [4.78, 5) is 33.5. The lowest BCUT2D eigenvalue weighted by Gasteiger charge is -2.14. The Morgan fingerprint density at radius 3 is 2.72 bits per heavy atom. The van der Waals surface area contributed by atoms with Crippen LogP contribution in [0.15, 0.2) is 39.1 Å².